The summed E-state index contributed by atoms with van der Waals surface area (Å²) < 4.78 is 0. The van der Waals surface area contributed by atoms with Crippen LogP contribution in [0, 0.1) is 5.41 Å². The number of allylic oxidation sites excluding steroid dienone is 4. The number of Topliss-reactive ketones (excluding diaryl/α,β-unsaturated/α-hetero) is 1. The lowest BCUT2D eigenvalue weighted by molar-refractivity contribution is -0.111. The first kappa shape index (κ1) is 4.07. The third kappa shape index (κ3) is 0.302. The van der Waals surface area contributed by atoms with Crippen LogP contribution in [0.2, 0.25) is 0 Å². The van der Waals surface area contributed by atoms with Crippen LogP contribution >= 0.6 is 0 Å². The molecule has 0 radical (unpaired) electrons. The van der Waals surface area contributed by atoms with Gasteiger partial charge in [-0.3, -0.25) is 4.79 Å². The minimum absolute atomic E-state index is 0.0972. The molecule has 0 amide bonds. The van der Waals surface area contributed by atoms with Crippen LogP contribution in [0.15, 0.2) is 24.3 Å². The predicted octanol–water partition coefficient (Wildman–Crippen LogP) is 1.07. The normalized spacial score (nSPS) is 27.8. The first-order chi connectivity index (χ1) is 3.83. The highest BCUT2D eigenvalue weighted by molar-refractivity contribution is 6.05. The van der Waals surface area contributed by atoms with Gasteiger partial charge < -0.3 is 0 Å². The van der Waals surface area contributed by atoms with Crippen molar-refractivity contribution >= 4 is 5.78 Å². The first-order valence-corrected chi connectivity index (χ1v) is 2.74. The van der Waals surface area contributed by atoms with Crippen LogP contribution in [0.3, 0.4) is 0 Å². The monoisotopic (exact) mass is 106 g/mol. The second-order valence-electron chi connectivity index (χ2n) is 2.36. The Kier molecular flexibility index (Phi) is 0.480. The Labute approximate surface area is 47.7 Å². The lowest BCUT2D eigenvalue weighted by Crippen LogP contribution is -1.88. The van der Waals surface area contributed by atoms with Gasteiger partial charge in [0.25, 0.3) is 0 Å². The van der Waals surface area contributed by atoms with Crippen LogP contribution in [-0.4, -0.2) is 5.78 Å². The van der Waals surface area contributed by atoms with E-state index in [9.17, 15) is 4.79 Å². The molecule has 0 saturated heterocycles. The number of ketones is 1. The molecule has 0 aromatic carbocycles. The smallest absolute Gasteiger partial charge is 0.148 e. The van der Waals surface area contributed by atoms with Gasteiger partial charge >= 0.3 is 0 Å². The summed E-state index contributed by atoms with van der Waals surface area (Å²) in [6.45, 7) is 0. The molecule has 1 saturated carbocycles. The highest BCUT2D eigenvalue weighted by atomic mass is 16.1. The van der Waals surface area contributed by atoms with Crippen LogP contribution in [-0.2, 0) is 4.79 Å². The van der Waals surface area contributed by atoms with Gasteiger partial charge in [-0.1, -0.05) is 24.3 Å². The quantitative estimate of drug-likeness (QED) is 0.451. The molecule has 0 atom stereocenters. The molecule has 0 N–H and O–H groups in total. The Balaban J connectivity index is 2.42. The van der Waals surface area contributed by atoms with Crippen molar-refractivity contribution in [1.82, 2.24) is 0 Å². The highest BCUT2D eigenvalue weighted by Crippen LogP contribution is 2.46. The second kappa shape index (κ2) is 0.943. The van der Waals surface area contributed by atoms with Crippen molar-refractivity contribution in [2.75, 3.05) is 0 Å². The van der Waals surface area contributed by atoms with E-state index in [1.807, 2.05) is 24.3 Å². The number of carbonyl (C=O) groups excluding carboxylic acids is 1. The van der Waals surface area contributed by atoms with E-state index < -0.39 is 0 Å². The van der Waals surface area contributed by atoms with Crippen molar-refractivity contribution in [1.29, 1.82) is 0 Å². The third-order valence-electron chi connectivity index (χ3n) is 1.75. The maximum atomic E-state index is 10.6. The van der Waals surface area contributed by atoms with E-state index in [2.05, 4.69) is 0 Å². The molecule has 0 unspecified atom stereocenters. The zero-order chi connectivity index (χ0) is 5.61. The molecule has 8 heavy (non-hydrogen) atoms. The predicted molar refractivity (Wildman–Crippen MR) is 30.3 cm³/mol. The molecule has 0 heterocycles. The van der Waals surface area contributed by atoms with Crippen LogP contribution in [0.25, 0.3) is 0 Å². The van der Waals surface area contributed by atoms with Crippen molar-refractivity contribution in [3.63, 3.8) is 0 Å². The first-order valence-electron chi connectivity index (χ1n) is 2.74. The fourth-order valence-corrected chi connectivity index (χ4v) is 1.04. The summed E-state index contributed by atoms with van der Waals surface area (Å²) in [5.41, 5.74) is -0.0972. The van der Waals surface area contributed by atoms with E-state index in [-0.39, 0.29) is 5.41 Å². The van der Waals surface area contributed by atoms with Gasteiger partial charge in [0.2, 0.25) is 0 Å². The van der Waals surface area contributed by atoms with Gasteiger partial charge in [-0.15, -0.1) is 0 Å². The summed E-state index contributed by atoms with van der Waals surface area (Å²) in [6.07, 6.45) is 8.54. The second-order valence-corrected chi connectivity index (χ2v) is 2.36. The number of hydrogen-bond acceptors (Lipinski definition) is 1. The summed E-state index contributed by atoms with van der Waals surface area (Å²) in [6, 6.07) is 0. The summed E-state index contributed by atoms with van der Waals surface area (Å²) in [5.74, 6) is 0.363. The van der Waals surface area contributed by atoms with E-state index in [0.717, 1.165) is 6.42 Å². The molecule has 1 fully saturated rings. The van der Waals surface area contributed by atoms with Gasteiger partial charge in [-0.05, 0) is 0 Å². The van der Waals surface area contributed by atoms with E-state index >= 15 is 0 Å². The van der Waals surface area contributed by atoms with Crippen molar-refractivity contribution in [2.45, 2.75) is 6.42 Å². The zero-order valence-electron chi connectivity index (χ0n) is 4.42. The Hall–Kier alpha value is -0.850. The molecule has 1 heteroatoms. The van der Waals surface area contributed by atoms with Crippen LogP contribution in [0.4, 0.5) is 0 Å². The molecule has 2 aliphatic carbocycles. The van der Waals surface area contributed by atoms with Gasteiger partial charge in [-0.2, -0.15) is 0 Å². The summed E-state index contributed by atoms with van der Waals surface area (Å²) in [5, 5.41) is 0. The average Bonchev–Trinajstić information content (AvgIpc) is 2.29. The van der Waals surface area contributed by atoms with E-state index in [4.69, 9.17) is 0 Å². The van der Waals surface area contributed by atoms with Crippen LogP contribution in [0.5, 0.6) is 0 Å². The molecule has 0 aromatic rings. The highest BCUT2D eigenvalue weighted by Gasteiger charge is 2.50. The Morgan fingerprint density at radius 1 is 1.38 bits per heavy atom. The van der Waals surface area contributed by atoms with Crippen molar-refractivity contribution < 1.29 is 4.79 Å². The SMILES string of the molecule is O=C1CC12C=CC=C2. The van der Waals surface area contributed by atoms with Crippen molar-refractivity contribution in [2.24, 2.45) is 5.41 Å². The van der Waals surface area contributed by atoms with Crippen LogP contribution in [0.1, 0.15) is 6.42 Å². The molecule has 40 valence electrons. The largest absolute Gasteiger partial charge is 0.298 e. The minimum Gasteiger partial charge on any atom is -0.298 e. The van der Waals surface area contributed by atoms with Crippen LogP contribution < -0.4 is 0 Å². The van der Waals surface area contributed by atoms with E-state index in [1.54, 1.807) is 0 Å². The molecular formula is C7H6O. The Morgan fingerprint density at radius 2 is 1.88 bits per heavy atom. The van der Waals surface area contributed by atoms with Gasteiger partial charge in [0.15, 0.2) is 0 Å². The summed E-state index contributed by atoms with van der Waals surface area (Å²) in [7, 11) is 0. The van der Waals surface area contributed by atoms with Crippen molar-refractivity contribution in [3.8, 4) is 0 Å². The summed E-state index contributed by atoms with van der Waals surface area (Å²) >= 11 is 0. The van der Waals surface area contributed by atoms with Gasteiger partial charge in [0, 0.05) is 6.42 Å². The average molecular weight is 106 g/mol. The topological polar surface area (TPSA) is 17.1 Å². The van der Waals surface area contributed by atoms with Gasteiger partial charge in [-0.25, -0.2) is 0 Å². The lowest BCUT2D eigenvalue weighted by atomic mass is 10.1. The molecule has 2 rings (SSSR count). The van der Waals surface area contributed by atoms with Gasteiger partial charge in [0.05, 0.1) is 5.41 Å². The standard InChI is InChI=1S/C7H6O/c8-6-5-7(6)3-1-2-4-7/h1-4H,5H2. The van der Waals surface area contributed by atoms with Gasteiger partial charge in [0.1, 0.15) is 5.78 Å². The molecule has 0 bridgehead atoms. The molecule has 1 spiro atoms. The van der Waals surface area contributed by atoms with E-state index in [0.29, 0.717) is 5.78 Å². The molecular weight excluding hydrogens is 100 g/mol. The molecule has 0 aromatic heterocycles. The fourth-order valence-electron chi connectivity index (χ4n) is 1.04. The van der Waals surface area contributed by atoms with E-state index in [1.165, 1.54) is 0 Å². The maximum Gasteiger partial charge on any atom is 0.148 e. The Bertz CT molecular complexity index is 186. The number of hydrogen-bond donors (Lipinski definition) is 0. The lowest BCUT2D eigenvalue weighted by Gasteiger charge is -1.87. The molecule has 1 nitrogen and oxygen atoms in total. The van der Waals surface area contributed by atoms with Crippen molar-refractivity contribution in [3.05, 3.63) is 24.3 Å². The maximum absolute atomic E-state index is 10.6. The third-order valence-corrected chi connectivity index (χ3v) is 1.75. The minimum atomic E-state index is -0.0972. The summed E-state index contributed by atoms with van der Waals surface area (Å²) in [4.78, 5) is 10.6. The number of rotatable bonds is 0. The Morgan fingerprint density at radius 3 is 2.12 bits per heavy atom. The fraction of sp³-hybridized carbons (Fsp3) is 0.286. The zero-order valence-corrected chi connectivity index (χ0v) is 4.42. The molecule has 0 aliphatic heterocycles. The molecule has 2 aliphatic rings. The number of carbonyl (C=O) groups is 1.